The number of carbonyl (C=O) groups is 1. The lowest BCUT2D eigenvalue weighted by Gasteiger charge is -2.33. The van der Waals surface area contributed by atoms with Crippen LogP contribution in [-0.4, -0.2) is 41.7 Å². The first-order valence-electron chi connectivity index (χ1n) is 11.3. The summed E-state index contributed by atoms with van der Waals surface area (Å²) in [4.78, 5) is 24.2. The lowest BCUT2D eigenvalue weighted by atomic mass is 9.98. The number of halogens is 2. The van der Waals surface area contributed by atoms with E-state index in [9.17, 15) is 17.6 Å². The molecule has 1 fully saturated rings. The Morgan fingerprint density at radius 2 is 1.94 bits per heavy atom. The number of hydrogen-bond acceptors (Lipinski definition) is 6. The fourth-order valence-corrected chi connectivity index (χ4v) is 6.89. The molecule has 0 aliphatic carbocycles. The highest BCUT2D eigenvalue weighted by Gasteiger charge is 2.36. The van der Waals surface area contributed by atoms with Crippen molar-refractivity contribution in [1.82, 2.24) is 14.3 Å². The number of sulfonamides is 1. The first kappa shape index (κ1) is 24.8. The van der Waals surface area contributed by atoms with Crippen molar-refractivity contribution in [3.8, 4) is 0 Å². The summed E-state index contributed by atoms with van der Waals surface area (Å²) in [5.41, 5.74) is 0.846. The molecule has 0 saturated carbocycles. The lowest BCUT2D eigenvalue weighted by Crippen LogP contribution is -2.46. The number of amides is 1. The molecule has 1 unspecified atom stereocenters. The predicted molar refractivity (Wildman–Crippen MR) is 138 cm³/mol. The number of piperidine rings is 1. The molecule has 1 aliphatic rings. The maximum absolute atomic E-state index is 14.4. The highest BCUT2D eigenvalue weighted by Crippen LogP contribution is 2.33. The molecule has 0 N–H and O–H groups in total. The van der Waals surface area contributed by atoms with E-state index >= 15 is 0 Å². The number of para-hydroxylation sites is 1. The van der Waals surface area contributed by atoms with Gasteiger partial charge in [-0.15, -0.1) is 0 Å². The third kappa shape index (κ3) is 4.99. The molecule has 186 valence electrons. The van der Waals surface area contributed by atoms with Gasteiger partial charge in [0.1, 0.15) is 11.3 Å². The van der Waals surface area contributed by atoms with E-state index in [2.05, 4.69) is 9.97 Å². The van der Waals surface area contributed by atoms with Crippen LogP contribution in [-0.2, 0) is 21.4 Å². The summed E-state index contributed by atoms with van der Waals surface area (Å²) in [5.74, 6) is -1.31. The van der Waals surface area contributed by atoms with Crippen LogP contribution in [0.4, 0.5) is 9.52 Å². The van der Waals surface area contributed by atoms with Crippen molar-refractivity contribution < 1.29 is 17.6 Å². The minimum atomic E-state index is -3.79. The van der Waals surface area contributed by atoms with Gasteiger partial charge in [-0.25, -0.2) is 17.8 Å². The fourth-order valence-electron chi connectivity index (χ4n) is 4.25. The number of nitrogens with zero attached hydrogens (tertiary/aromatic N) is 4. The second kappa shape index (κ2) is 10.2. The molecule has 1 saturated heterocycles. The SMILES string of the molecule is O=C(C1CCCN(S(=O)(=O)c2ccc(Cl)cc2)C1)N(Cc1ccccn1)c1nc2c(F)cccc2s1. The summed E-state index contributed by atoms with van der Waals surface area (Å²) in [6, 6.07) is 16.1. The van der Waals surface area contributed by atoms with Crippen LogP contribution < -0.4 is 4.90 Å². The van der Waals surface area contributed by atoms with Gasteiger partial charge in [-0.3, -0.25) is 14.7 Å². The molecule has 36 heavy (non-hydrogen) atoms. The number of aromatic nitrogens is 2. The highest BCUT2D eigenvalue weighted by atomic mass is 35.5. The van der Waals surface area contributed by atoms with Crippen LogP contribution in [0.2, 0.25) is 5.02 Å². The van der Waals surface area contributed by atoms with Gasteiger partial charge in [0.15, 0.2) is 5.13 Å². The highest BCUT2D eigenvalue weighted by molar-refractivity contribution is 7.89. The van der Waals surface area contributed by atoms with Gasteiger partial charge in [-0.05, 0) is 61.4 Å². The number of benzene rings is 2. The van der Waals surface area contributed by atoms with E-state index in [4.69, 9.17) is 11.6 Å². The summed E-state index contributed by atoms with van der Waals surface area (Å²) in [6.45, 7) is 0.505. The van der Waals surface area contributed by atoms with E-state index < -0.39 is 21.8 Å². The second-order valence-corrected chi connectivity index (χ2v) is 11.9. The summed E-state index contributed by atoms with van der Waals surface area (Å²) < 4.78 is 42.8. The molecule has 0 spiro atoms. The van der Waals surface area contributed by atoms with Gasteiger partial charge >= 0.3 is 0 Å². The first-order valence-corrected chi connectivity index (χ1v) is 14.0. The van der Waals surface area contributed by atoms with E-state index in [-0.39, 0.29) is 29.4 Å². The van der Waals surface area contributed by atoms with Gasteiger partial charge < -0.3 is 0 Å². The monoisotopic (exact) mass is 544 g/mol. The summed E-state index contributed by atoms with van der Waals surface area (Å²) in [5, 5.41) is 0.793. The Balaban J connectivity index is 1.45. The molecular weight excluding hydrogens is 523 g/mol. The Kier molecular flexibility index (Phi) is 7.03. The molecule has 11 heteroatoms. The Labute approximate surface area is 217 Å². The largest absolute Gasteiger partial charge is 0.282 e. The molecule has 7 nitrogen and oxygen atoms in total. The van der Waals surface area contributed by atoms with Gasteiger partial charge in [-0.2, -0.15) is 4.31 Å². The van der Waals surface area contributed by atoms with Crippen molar-refractivity contribution >= 4 is 54.2 Å². The molecule has 0 radical (unpaired) electrons. The minimum absolute atomic E-state index is 0.0434. The van der Waals surface area contributed by atoms with Gasteiger partial charge in [0, 0.05) is 24.3 Å². The Morgan fingerprint density at radius 3 is 2.67 bits per heavy atom. The van der Waals surface area contributed by atoms with Gasteiger partial charge in [0.25, 0.3) is 0 Å². The van der Waals surface area contributed by atoms with E-state index in [1.807, 2.05) is 6.07 Å². The zero-order chi connectivity index (χ0) is 25.3. The topological polar surface area (TPSA) is 83.5 Å². The molecule has 2 aromatic carbocycles. The summed E-state index contributed by atoms with van der Waals surface area (Å²) >= 11 is 7.14. The summed E-state index contributed by atoms with van der Waals surface area (Å²) in [7, 11) is -3.79. The Hall–Kier alpha value is -2.92. The van der Waals surface area contributed by atoms with Crippen molar-refractivity contribution in [2.45, 2.75) is 24.3 Å². The fraction of sp³-hybridized carbons (Fsp3) is 0.240. The smallest absolute Gasteiger partial charge is 0.243 e. The maximum atomic E-state index is 14.4. The average molecular weight is 545 g/mol. The average Bonchev–Trinajstić information content (AvgIpc) is 3.33. The van der Waals surface area contributed by atoms with Crippen LogP contribution >= 0.6 is 22.9 Å². The molecule has 1 amide bonds. The molecule has 4 aromatic rings. The number of anilines is 1. The third-order valence-corrected chi connectivity index (χ3v) is 9.26. The van der Waals surface area contributed by atoms with Gasteiger partial charge in [0.2, 0.25) is 15.9 Å². The standard InChI is InChI=1S/C25H22ClFN4O3S2/c26-18-9-11-20(12-10-18)36(33,34)30-14-4-5-17(15-30)24(32)31(16-19-6-1-2-13-28-19)25-29-23-21(27)7-3-8-22(23)35-25/h1-3,6-13,17H,4-5,14-16H2. The van der Waals surface area contributed by atoms with E-state index in [0.717, 1.165) is 0 Å². The number of fused-ring (bicyclic) bond motifs is 1. The van der Waals surface area contributed by atoms with Crippen molar-refractivity contribution in [3.63, 3.8) is 0 Å². The lowest BCUT2D eigenvalue weighted by molar-refractivity contribution is -0.123. The van der Waals surface area contributed by atoms with Crippen LogP contribution in [0.25, 0.3) is 10.2 Å². The molecular formula is C25H22ClFN4O3S2. The maximum Gasteiger partial charge on any atom is 0.243 e. The van der Waals surface area contributed by atoms with Crippen LogP contribution in [0, 0.1) is 11.7 Å². The molecule has 2 aromatic heterocycles. The van der Waals surface area contributed by atoms with Gasteiger partial charge in [-0.1, -0.05) is 35.1 Å². The number of pyridine rings is 1. The van der Waals surface area contributed by atoms with Crippen LogP contribution in [0.5, 0.6) is 0 Å². The minimum Gasteiger partial charge on any atom is -0.282 e. The van der Waals surface area contributed by atoms with Crippen molar-refractivity contribution in [1.29, 1.82) is 0 Å². The zero-order valence-corrected chi connectivity index (χ0v) is 21.4. The number of hydrogen-bond donors (Lipinski definition) is 0. The Morgan fingerprint density at radius 1 is 1.14 bits per heavy atom. The van der Waals surface area contributed by atoms with Crippen LogP contribution in [0.1, 0.15) is 18.5 Å². The van der Waals surface area contributed by atoms with Crippen LogP contribution in [0.3, 0.4) is 0 Å². The van der Waals surface area contributed by atoms with Crippen molar-refractivity contribution in [2.24, 2.45) is 5.92 Å². The number of rotatable bonds is 6. The van der Waals surface area contributed by atoms with E-state index in [1.54, 1.807) is 30.5 Å². The first-order chi connectivity index (χ1) is 17.3. The number of thiazole rings is 1. The molecule has 0 bridgehead atoms. The van der Waals surface area contributed by atoms with Crippen LogP contribution in [0.15, 0.2) is 71.8 Å². The summed E-state index contributed by atoms with van der Waals surface area (Å²) in [6.07, 6.45) is 2.70. The molecule has 1 atom stereocenters. The third-order valence-electron chi connectivity index (χ3n) is 6.09. The van der Waals surface area contributed by atoms with E-state index in [0.29, 0.717) is 39.9 Å². The molecule has 5 rings (SSSR count). The number of carbonyl (C=O) groups excluding carboxylic acids is 1. The Bertz CT molecular complexity index is 1500. The molecule has 1 aliphatic heterocycles. The predicted octanol–water partition coefficient (Wildman–Crippen LogP) is 5.12. The van der Waals surface area contributed by atoms with Gasteiger partial charge in [0.05, 0.1) is 27.8 Å². The molecule has 3 heterocycles. The zero-order valence-electron chi connectivity index (χ0n) is 19.0. The van der Waals surface area contributed by atoms with Crippen molar-refractivity contribution in [3.05, 3.63) is 83.4 Å². The normalized spacial score (nSPS) is 16.8. The quantitative estimate of drug-likeness (QED) is 0.336. The van der Waals surface area contributed by atoms with E-state index in [1.165, 1.54) is 50.9 Å². The second-order valence-electron chi connectivity index (χ2n) is 8.48. The van der Waals surface area contributed by atoms with Crippen molar-refractivity contribution in [2.75, 3.05) is 18.0 Å².